The quantitative estimate of drug-likeness (QED) is 0.663. The van der Waals surface area contributed by atoms with Crippen molar-refractivity contribution in [2.45, 2.75) is 47.0 Å². The van der Waals surface area contributed by atoms with E-state index in [0.29, 0.717) is 17.4 Å². The highest BCUT2D eigenvalue weighted by Crippen LogP contribution is 2.20. The Morgan fingerprint density at radius 2 is 2.00 bits per heavy atom. The standard InChI is InChI=1S/C12H22O2/c1-5-6-7-9(2)10(3)8-11(4)12(13)14/h8-10H,5-7H2,1-4H3,(H,13,14)/b11-8+. The Kier molecular flexibility index (Phi) is 6.26. The number of carbonyl (C=O) groups is 1. The van der Waals surface area contributed by atoms with E-state index in [-0.39, 0.29) is 0 Å². The van der Waals surface area contributed by atoms with E-state index < -0.39 is 5.97 Å². The topological polar surface area (TPSA) is 37.3 Å². The van der Waals surface area contributed by atoms with E-state index in [1.165, 1.54) is 19.3 Å². The van der Waals surface area contributed by atoms with Gasteiger partial charge in [-0.3, -0.25) is 0 Å². The number of unbranched alkanes of at least 4 members (excludes halogenated alkanes) is 1. The summed E-state index contributed by atoms with van der Waals surface area (Å²) in [4.78, 5) is 10.6. The minimum absolute atomic E-state index is 0.359. The Labute approximate surface area is 87.0 Å². The molecule has 0 aromatic carbocycles. The van der Waals surface area contributed by atoms with Crippen molar-refractivity contribution in [3.05, 3.63) is 11.6 Å². The monoisotopic (exact) mass is 198 g/mol. The molecular formula is C12H22O2. The minimum Gasteiger partial charge on any atom is -0.478 e. The van der Waals surface area contributed by atoms with Crippen LogP contribution in [0.1, 0.15) is 47.0 Å². The summed E-state index contributed by atoms with van der Waals surface area (Å²) < 4.78 is 0. The number of allylic oxidation sites excluding steroid dienone is 1. The Hall–Kier alpha value is -0.790. The Balaban J connectivity index is 4.11. The summed E-state index contributed by atoms with van der Waals surface area (Å²) in [7, 11) is 0. The molecule has 0 amide bonds. The first-order valence-electron chi connectivity index (χ1n) is 5.40. The lowest BCUT2D eigenvalue weighted by Gasteiger charge is -2.16. The average molecular weight is 198 g/mol. The molecule has 0 saturated carbocycles. The van der Waals surface area contributed by atoms with Gasteiger partial charge in [-0.2, -0.15) is 0 Å². The lowest BCUT2D eigenvalue weighted by molar-refractivity contribution is -0.132. The first kappa shape index (κ1) is 13.2. The number of rotatable bonds is 6. The fraction of sp³-hybridized carbons (Fsp3) is 0.750. The van der Waals surface area contributed by atoms with Gasteiger partial charge < -0.3 is 5.11 Å². The molecule has 82 valence electrons. The Morgan fingerprint density at radius 3 is 2.43 bits per heavy atom. The van der Waals surface area contributed by atoms with E-state index in [1.807, 2.05) is 6.08 Å². The molecule has 2 heteroatoms. The van der Waals surface area contributed by atoms with Gasteiger partial charge in [0.25, 0.3) is 0 Å². The number of hydrogen-bond donors (Lipinski definition) is 1. The van der Waals surface area contributed by atoms with E-state index in [2.05, 4.69) is 20.8 Å². The van der Waals surface area contributed by atoms with Gasteiger partial charge in [0.1, 0.15) is 0 Å². The molecule has 1 N–H and O–H groups in total. The van der Waals surface area contributed by atoms with Gasteiger partial charge in [-0.05, 0) is 18.8 Å². The SMILES string of the molecule is CCCCC(C)C(C)/C=C(\C)C(=O)O. The third-order valence-electron chi connectivity index (χ3n) is 2.76. The molecule has 2 nitrogen and oxygen atoms in total. The van der Waals surface area contributed by atoms with Gasteiger partial charge in [0.05, 0.1) is 0 Å². The molecule has 0 fully saturated rings. The zero-order valence-electron chi connectivity index (χ0n) is 9.71. The van der Waals surface area contributed by atoms with Crippen LogP contribution in [0.2, 0.25) is 0 Å². The van der Waals surface area contributed by atoms with Gasteiger partial charge in [-0.1, -0.05) is 46.1 Å². The fourth-order valence-electron chi connectivity index (χ4n) is 1.42. The Bertz CT molecular complexity index is 206. The van der Waals surface area contributed by atoms with Crippen LogP contribution in [0.15, 0.2) is 11.6 Å². The van der Waals surface area contributed by atoms with Crippen molar-refractivity contribution in [3.63, 3.8) is 0 Å². The molecular weight excluding hydrogens is 176 g/mol. The first-order valence-corrected chi connectivity index (χ1v) is 5.40. The summed E-state index contributed by atoms with van der Waals surface area (Å²) >= 11 is 0. The molecule has 0 spiro atoms. The molecule has 0 aliphatic rings. The van der Waals surface area contributed by atoms with E-state index in [9.17, 15) is 4.79 Å². The summed E-state index contributed by atoms with van der Waals surface area (Å²) in [6.07, 6.45) is 5.48. The highest BCUT2D eigenvalue weighted by Gasteiger charge is 2.11. The molecule has 2 atom stereocenters. The van der Waals surface area contributed by atoms with Crippen LogP contribution in [0, 0.1) is 11.8 Å². The molecule has 0 bridgehead atoms. The van der Waals surface area contributed by atoms with Crippen molar-refractivity contribution in [1.82, 2.24) is 0 Å². The first-order chi connectivity index (χ1) is 6.49. The van der Waals surface area contributed by atoms with Crippen LogP contribution in [0.4, 0.5) is 0 Å². The summed E-state index contributed by atoms with van der Waals surface area (Å²) in [5.74, 6) is 0.126. The number of aliphatic carboxylic acids is 1. The van der Waals surface area contributed by atoms with Crippen LogP contribution in [-0.2, 0) is 4.79 Å². The van der Waals surface area contributed by atoms with Crippen molar-refractivity contribution in [2.24, 2.45) is 11.8 Å². The van der Waals surface area contributed by atoms with Gasteiger partial charge in [0, 0.05) is 5.57 Å². The Morgan fingerprint density at radius 1 is 1.43 bits per heavy atom. The van der Waals surface area contributed by atoms with Crippen molar-refractivity contribution in [1.29, 1.82) is 0 Å². The molecule has 0 aliphatic carbocycles. The molecule has 2 unspecified atom stereocenters. The normalized spacial score (nSPS) is 16.4. The zero-order valence-corrected chi connectivity index (χ0v) is 9.71. The van der Waals surface area contributed by atoms with Crippen LogP contribution in [0.3, 0.4) is 0 Å². The van der Waals surface area contributed by atoms with E-state index in [4.69, 9.17) is 5.11 Å². The lowest BCUT2D eigenvalue weighted by Crippen LogP contribution is -2.08. The number of carboxylic acids is 1. The maximum Gasteiger partial charge on any atom is 0.330 e. The largest absolute Gasteiger partial charge is 0.478 e. The second-order valence-corrected chi connectivity index (χ2v) is 4.13. The summed E-state index contributed by atoms with van der Waals surface area (Å²) in [5.41, 5.74) is 0.459. The van der Waals surface area contributed by atoms with Crippen LogP contribution >= 0.6 is 0 Å². The van der Waals surface area contributed by atoms with Crippen molar-refractivity contribution >= 4 is 5.97 Å². The maximum atomic E-state index is 10.6. The van der Waals surface area contributed by atoms with Crippen LogP contribution in [-0.4, -0.2) is 11.1 Å². The smallest absolute Gasteiger partial charge is 0.330 e. The van der Waals surface area contributed by atoms with Crippen molar-refractivity contribution < 1.29 is 9.90 Å². The zero-order chi connectivity index (χ0) is 11.1. The van der Waals surface area contributed by atoms with E-state index in [1.54, 1.807) is 6.92 Å². The van der Waals surface area contributed by atoms with Crippen LogP contribution in [0.25, 0.3) is 0 Å². The van der Waals surface area contributed by atoms with E-state index in [0.717, 1.165) is 0 Å². The highest BCUT2D eigenvalue weighted by atomic mass is 16.4. The van der Waals surface area contributed by atoms with Gasteiger partial charge in [0.2, 0.25) is 0 Å². The molecule has 14 heavy (non-hydrogen) atoms. The summed E-state index contributed by atoms with van der Waals surface area (Å²) in [6.45, 7) is 8.11. The van der Waals surface area contributed by atoms with Crippen molar-refractivity contribution in [3.8, 4) is 0 Å². The molecule has 0 heterocycles. The van der Waals surface area contributed by atoms with Crippen LogP contribution in [0.5, 0.6) is 0 Å². The summed E-state index contributed by atoms with van der Waals surface area (Å²) in [5, 5.41) is 8.72. The minimum atomic E-state index is -0.806. The van der Waals surface area contributed by atoms with Gasteiger partial charge >= 0.3 is 5.97 Å². The maximum absolute atomic E-state index is 10.6. The van der Waals surface area contributed by atoms with Gasteiger partial charge in [-0.25, -0.2) is 4.79 Å². The second-order valence-electron chi connectivity index (χ2n) is 4.13. The number of hydrogen-bond acceptors (Lipinski definition) is 1. The molecule has 0 aliphatic heterocycles. The van der Waals surface area contributed by atoms with Gasteiger partial charge in [0.15, 0.2) is 0 Å². The third kappa shape index (κ3) is 5.05. The van der Waals surface area contributed by atoms with E-state index >= 15 is 0 Å². The van der Waals surface area contributed by atoms with Gasteiger partial charge in [-0.15, -0.1) is 0 Å². The molecule has 0 rings (SSSR count). The molecule has 0 aromatic heterocycles. The average Bonchev–Trinajstić information content (AvgIpc) is 2.13. The van der Waals surface area contributed by atoms with Crippen molar-refractivity contribution in [2.75, 3.05) is 0 Å². The highest BCUT2D eigenvalue weighted by molar-refractivity contribution is 5.85. The molecule has 0 aromatic rings. The summed E-state index contributed by atoms with van der Waals surface area (Å²) in [6, 6.07) is 0. The third-order valence-corrected chi connectivity index (χ3v) is 2.76. The predicted molar refractivity (Wildman–Crippen MR) is 59.2 cm³/mol. The fourth-order valence-corrected chi connectivity index (χ4v) is 1.42. The lowest BCUT2D eigenvalue weighted by atomic mass is 9.90. The molecule has 0 saturated heterocycles. The second kappa shape index (κ2) is 6.63. The predicted octanol–water partition coefficient (Wildman–Crippen LogP) is 3.48. The van der Waals surface area contributed by atoms with Crippen LogP contribution < -0.4 is 0 Å². The molecule has 0 radical (unpaired) electrons. The number of carboxylic acid groups (broad SMARTS) is 1.